The summed E-state index contributed by atoms with van der Waals surface area (Å²) in [5.41, 5.74) is -0.323. The number of rotatable bonds is 2. The zero-order chi connectivity index (χ0) is 13.3. The van der Waals surface area contributed by atoms with E-state index >= 15 is 0 Å². The van der Waals surface area contributed by atoms with Gasteiger partial charge in [0.15, 0.2) is 5.41 Å². The van der Waals surface area contributed by atoms with Crippen molar-refractivity contribution in [1.82, 2.24) is 0 Å². The summed E-state index contributed by atoms with van der Waals surface area (Å²) in [5.74, 6) is -0.295. The van der Waals surface area contributed by atoms with Crippen LogP contribution >= 0.6 is 0 Å². The summed E-state index contributed by atoms with van der Waals surface area (Å²) in [7, 11) is 0. The summed E-state index contributed by atoms with van der Waals surface area (Å²) < 4.78 is 4.97. The zero-order valence-corrected chi connectivity index (χ0v) is 10.2. The van der Waals surface area contributed by atoms with Crippen molar-refractivity contribution in [3.63, 3.8) is 0 Å². The third-order valence-electron chi connectivity index (χ3n) is 3.35. The highest BCUT2D eigenvalue weighted by molar-refractivity contribution is 5.99. The molecule has 3 rings (SSSR count). The molecule has 19 heavy (non-hydrogen) atoms. The Hall–Kier alpha value is -2.38. The van der Waals surface area contributed by atoms with Gasteiger partial charge in [-0.25, -0.2) is 0 Å². The Balaban J connectivity index is 1.86. The number of amides is 1. The van der Waals surface area contributed by atoms with Crippen LogP contribution in [0.4, 0.5) is 5.69 Å². The molecule has 1 N–H and O–H groups in total. The predicted octanol–water partition coefficient (Wildman–Crippen LogP) is 2.32. The van der Waals surface area contributed by atoms with Gasteiger partial charge >= 0.3 is 0 Å². The number of anilines is 1. The number of carbonyl (C=O) groups is 1. The summed E-state index contributed by atoms with van der Waals surface area (Å²) in [5, 5.41) is 14.0. The van der Waals surface area contributed by atoms with E-state index in [1.165, 1.54) is 0 Å². The number of nitrogens with zero attached hydrogens (tertiary/aromatic N) is 1. The quantitative estimate of drug-likeness (QED) is 0.892. The van der Waals surface area contributed by atoms with Gasteiger partial charge in [0.05, 0.1) is 19.3 Å². The van der Waals surface area contributed by atoms with E-state index in [1.807, 2.05) is 48.5 Å². The number of benzene rings is 2. The number of hydrogen-bond donors (Lipinski definition) is 1. The van der Waals surface area contributed by atoms with E-state index in [0.29, 0.717) is 5.69 Å². The molecule has 0 atom stereocenters. The molecule has 0 radical (unpaired) electrons. The highest BCUT2D eigenvalue weighted by Crippen LogP contribution is 2.29. The van der Waals surface area contributed by atoms with Crippen molar-refractivity contribution in [2.75, 3.05) is 18.5 Å². The van der Waals surface area contributed by atoms with E-state index in [4.69, 9.17) is 10.00 Å². The van der Waals surface area contributed by atoms with E-state index in [1.54, 1.807) is 0 Å². The third-order valence-corrected chi connectivity index (χ3v) is 3.35. The molecule has 4 heteroatoms. The van der Waals surface area contributed by atoms with Crippen LogP contribution in [0.2, 0.25) is 0 Å². The lowest BCUT2D eigenvalue weighted by atomic mass is 9.87. The van der Waals surface area contributed by atoms with Crippen molar-refractivity contribution in [3.05, 3.63) is 42.5 Å². The number of carbonyl (C=O) groups excluding carboxylic acids is 1. The van der Waals surface area contributed by atoms with Crippen molar-refractivity contribution in [2.45, 2.75) is 0 Å². The van der Waals surface area contributed by atoms with Gasteiger partial charge in [0.2, 0.25) is 5.91 Å². The van der Waals surface area contributed by atoms with Gasteiger partial charge in [0.1, 0.15) is 0 Å². The second-order valence-electron chi connectivity index (χ2n) is 4.70. The average Bonchev–Trinajstić information content (AvgIpc) is 2.38. The van der Waals surface area contributed by atoms with Crippen LogP contribution in [0.5, 0.6) is 0 Å². The van der Waals surface area contributed by atoms with Crippen LogP contribution in [0.25, 0.3) is 10.8 Å². The van der Waals surface area contributed by atoms with Crippen molar-refractivity contribution in [3.8, 4) is 6.07 Å². The molecule has 1 saturated heterocycles. The topological polar surface area (TPSA) is 62.1 Å². The van der Waals surface area contributed by atoms with Crippen LogP contribution in [0.15, 0.2) is 42.5 Å². The Morgan fingerprint density at radius 3 is 2.58 bits per heavy atom. The average molecular weight is 252 g/mol. The monoisotopic (exact) mass is 252 g/mol. The van der Waals surface area contributed by atoms with E-state index in [2.05, 4.69) is 5.32 Å². The van der Waals surface area contributed by atoms with Gasteiger partial charge in [-0.15, -0.1) is 0 Å². The van der Waals surface area contributed by atoms with Crippen molar-refractivity contribution in [2.24, 2.45) is 5.41 Å². The van der Waals surface area contributed by atoms with Gasteiger partial charge in [-0.05, 0) is 22.9 Å². The highest BCUT2D eigenvalue weighted by Gasteiger charge is 2.46. The molecule has 1 fully saturated rings. The van der Waals surface area contributed by atoms with Gasteiger partial charge in [-0.1, -0.05) is 30.3 Å². The Bertz CT molecular complexity index is 684. The molecule has 1 aliphatic rings. The molecule has 0 saturated carbocycles. The number of nitrogens with one attached hydrogen (secondary N) is 1. The first-order valence-electron chi connectivity index (χ1n) is 6.03. The molecule has 1 heterocycles. The second kappa shape index (κ2) is 4.38. The molecule has 4 nitrogen and oxygen atoms in total. The maximum absolute atomic E-state index is 12.1. The number of hydrogen-bond acceptors (Lipinski definition) is 3. The minimum atomic E-state index is -1.02. The van der Waals surface area contributed by atoms with Gasteiger partial charge in [-0.3, -0.25) is 4.79 Å². The van der Waals surface area contributed by atoms with E-state index in [9.17, 15) is 4.79 Å². The highest BCUT2D eigenvalue weighted by atomic mass is 16.5. The van der Waals surface area contributed by atoms with Crippen LogP contribution in [0, 0.1) is 16.7 Å². The molecule has 2 aromatic rings. The first-order chi connectivity index (χ1) is 9.23. The maximum Gasteiger partial charge on any atom is 0.249 e. The standard InChI is InChI=1S/C15H12N2O2/c16-8-15(9-19-10-15)14(18)17-13-6-5-11-3-1-2-4-12(11)7-13/h1-7H,9-10H2,(H,17,18). The van der Waals surface area contributed by atoms with Crippen LogP contribution in [0.1, 0.15) is 0 Å². The fraction of sp³-hybridized carbons (Fsp3) is 0.200. The minimum absolute atomic E-state index is 0.170. The third kappa shape index (κ3) is 1.94. The molecule has 0 bridgehead atoms. The number of nitriles is 1. The van der Waals surface area contributed by atoms with Crippen LogP contribution in [-0.4, -0.2) is 19.1 Å². The smallest absolute Gasteiger partial charge is 0.249 e. The van der Waals surface area contributed by atoms with Crippen LogP contribution in [-0.2, 0) is 9.53 Å². The first kappa shape index (κ1) is 11.7. The molecule has 0 spiro atoms. The lowest BCUT2D eigenvalue weighted by molar-refractivity contribution is -0.144. The van der Waals surface area contributed by atoms with Crippen LogP contribution < -0.4 is 5.32 Å². The van der Waals surface area contributed by atoms with Crippen LogP contribution in [0.3, 0.4) is 0 Å². The van der Waals surface area contributed by atoms with E-state index in [0.717, 1.165) is 10.8 Å². The van der Waals surface area contributed by atoms with E-state index < -0.39 is 5.41 Å². The van der Waals surface area contributed by atoms with Crippen molar-refractivity contribution >= 4 is 22.4 Å². The number of fused-ring (bicyclic) bond motifs is 1. The Labute approximate surface area is 110 Å². The molecule has 0 unspecified atom stereocenters. The second-order valence-corrected chi connectivity index (χ2v) is 4.70. The summed E-state index contributed by atoms with van der Waals surface area (Å²) in [4.78, 5) is 12.1. The first-order valence-corrected chi connectivity index (χ1v) is 6.03. The zero-order valence-electron chi connectivity index (χ0n) is 10.2. The lowest BCUT2D eigenvalue weighted by Gasteiger charge is -2.33. The SMILES string of the molecule is N#CC1(C(=O)Nc2ccc3ccccc3c2)COC1. The lowest BCUT2D eigenvalue weighted by Crippen LogP contribution is -2.50. The number of ether oxygens (including phenoxy) is 1. The molecule has 1 amide bonds. The van der Waals surface area contributed by atoms with E-state index in [-0.39, 0.29) is 19.1 Å². The summed E-state index contributed by atoms with van der Waals surface area (Å²) >= 11 is 0. The molecular formula is C15H12N2O2. The molecule has 94 valence electrons. The molecule has 0 aromatic heterocycles. The molecular weight excluding hydrogens is 240 g/mol. The van der Waals surface area contributed by atoms with Gasteiger partial charge < -0.3 is 10.1 Å². The Morgan fingerprint density at radius 2 is 1.95 bits per heavy atom. The molecule has 2 aromatic carbocycles. The normalized spacial score (nSPS) is 16.4. The van der Waals surface area contributed by atoms with Crippen molar-refractivity contribution in [1.29, 1.82) is 5.26 Å². The predicted molar refractivity (Wildman–Crippen MR) is 71.4 cm³/mol. The fourth-order valence-corrected chi connectivity index (χ4v) is 2.07. The van der Waals surface area contributed by atoms with Gasteiger partial charge in [-0.2, -0.15) is 5.26 Å². The largest absolute Gasteiger partial charge is 0.377 e. The summed E-state index contributed by atoms with van der Waals surface area (Å²) in [6, 6.07) is 15.6. The Morgan fingerprint density at radius 1 is 1.21 bits per heavy atom. The van der Waals surface area contributed by atoms with Gasteiger partial charge in [0, 0.05) is 5.69 Å². The van der Waals surface area contributed by atoms with Crippen molar-refractivity contribution < 1.29 is 9.53 Å². The minimum Gasteiger partial charge on any atom is -0.377 e. The Kier molecular flexibility index (Phi) is 2.69. The maximum atomic E-state index is 12.1. The molecule has 1 aliphatic heterocycles. The van der Waals surface area contributed by atoms with Gasteiger partial charge in [0.25, 0.3) is 0 Å². The summed E-state index contributed by atoms with van der Waals surface area (Å²) in [6.45, 7) is 0.339. The molecule has 0 aliphatic carbocycles. The fourth-order valence-electron chi connectivity index (χ4n) is 2.07. The summed E-state index contributed by atoms with van der Waals surface area (Å²) in [6.07, 6.45) is 0.